The highest BCUT2D eigenvalue weighted by Gasteiger charge is 2.13. The minimum Gasteiger partial charge on any atom is -0.486 e. The maximum absolute atomic E-state index is 5.84. The molecule has 0 spiro atoms. The fourth-order valence-electron chi connectivity index (χ4n) is 2.29. The Morgan fingerprint density at radius 1 is 1.28 bits per heavy atom. The topological polar surface area (TPSA) is 62.3 Å². The lowest BCUT2D eigenvalue weighted by Crippen LogP contribution is -2.22. The molecule has 0 amide bonds. The second kappa shape index (κ2) is 7.71. The molecule has 2 heterocycles. The van der Waals surface area contributed by atoms with E-state index in [1.165, 1.54) is 6.26 Å². The SMILES string of the molecule is C[Si](C)(C)CCOCn1ncc2cc(Br)c(OCc3ccon3)cc21. The van der Waals surface area contributed by atoms with Crippen LogP contribution in [0.3, 0.4) is 0 Å². The fraction of sp³-hybridized carbons (Fsp3) is 0.412. The number of aromatic nitrogens is 3. The van der Waals surface area contributed by atoms with Crippen molar-refractivity contribution in [3.8, 4) is 5.75 Å². The minimum atomic E-state index is -1.08. The number of hydrogen-bond acceptors (Lipinski definition) is 5. The first kappa shape index (κ1) is 18.2. The predicted octanol–water partition coefficient (Wildman–Crippen LogP) is 4.68. The summed E-state index contributed by atoms with van der Waals surface area (Å²) in [6.07, 6.45) is 3.37. The predicted molar refractivity (Wildman–Crippen MR) is 102 cm³/mol. The number of rotatable bonds is 8. The Morgan fingerprint density at radius 2 is 2.12 bits per heavy atom. The zero-order valence-corrected chi connectivity index (χ0v) is 17.2. The van der Waals surface area contributed by atoms with Crippen molar-refractivity contribution in [1.82, 2.24) is 14.9 Å². The van der Waals surface area contributed by atoms with Crippen LogP contribution < -0.4 is 4.74 Å². The lowest BCUT2D eigenvalue weighted by molar-refractivity contribution is 0.0816. The van der Waals surface area contributed by atoms with Gasteiger partial charge in [-0.15, -0.1) is 0 Å². The highest BCUT2D eigenvalue weighted by atomic mass is 79.9. The summed E-state index contributed by atoms with van der Waals surface area (Å²) in [5, 5.41) is 9.31. The van der Waals surface area contributed by atoms with Gasteiger partial charge in [0.25, 0.3) is 0 Å². The summed E-state index contributed by atoms with van der Waals surface area (Å²) in [7, 11) is -1.08. The molecule has 0 atom stereocenters. The van der Waals surface area contributed by atoms with E-state index in [0.717, 1.165) is 39.5 Å². The summed E-state index contributed by atoms with van der Waals surface area (Å²) in [4.78, 5) is 0. The van der Waals surface area contributed by atoms with E-state index in [-0.39, 0.29) is 0 Å². The van der Waals surface area contributed by atoms with Gasteiger partial charge in [-0.2, -0.15) is 5.10 Å². The lowest BCUT2D eigenvalue weighted by atomic mass is 10.2. The lowest BCUT2D eigenvalue weighted by Gasteiger charge is -2.15. The average Bonchev–Trinajstić information content (AvgIpc) is 3.18. The minimum absolute atomic E-state index is 0.349. The van der Waals surface area contributed by atoms with Crippen molar-refractivity contribution in [2.45, 2.75) is 39.0 Å². The molecule has 0 N–H and O–H groups in total. The molecule has 3 rings (SSSR count). The number of ether oxygens (including phenoxy) is 2. The zero-order chi connectivity index (χ0) is 17.9. The van der Waals surface area contributed by atoms with E-state index in [1.807, 2.05) is 23.0 Å². The van der Waals surface area contributed by atoms with Gasteiger partial charge in [0.2, 0.25) is 0 Å². The molecular formula is C17H22BrN3O3Si. The van der Waals surface area contributed by atoms with Crippen LogP contribution in [0.4, 0.5) is 0 Å². The first-order valence-electron chi connectivity index (χ1n) is 8.17. The molecule has 0 saturated heterocycles. The zero-order valence-electron chi connectivity index (χ0n) is 14.7. The molecular weight excluding hydrogens is 402 g/mol. The molecule has 0 aliphatic carbocycles. The van der Waals surface area contributed by atoms with Gasteiger partial charge in [0, 0.05) is 32.2 Å². The van der Waals surface area contributed by atoms with E-state index >= 15 is 0 Å². The Kier molecular flexibility index (Phi) is 5.60. The second-order valence-corrected chi connectivity index (χ2v) is 13.6. The summed E-state index contributed by atoms with van der Waals surface area (Å²) < 4.78 is 19.2. The molecule has 0 saturated carbocycles. The Bertz CT molecular complexity index is 828. The Hall–Kier alpha value is -1.64. The van der Waals surface area contributed by atoms with Crippen molar-refractivity contribution in [2.24, 2.45) is 0 Å². The molecule has 0 radical (unpaired) electrons. The first-order chi connectivity index (χ1) is 11.9. The summed E-state index contributed by atoms with van der Waals surface area (Å²) in [6.45, 7) is 8.59. The van der Waals surface area contributed by atoms with E-state index in [0.29, 0.717) is 13.3 Å². The molecule has 1 aromatic carbocycles. The summed E-state index contributed by atoms with van der Waals surface area (Å²) >= 11 is 3.54. The molecule has 0 fully saturated rings. The van der Waals surface area contributed by atoms with Gasteiger partial charge in [-0.3, -0.25) is 0 Å². The molecule has 0 unspecified atom stereocenters. The van der Waals surface area contributed by atoms with Crippen molar-refractivity contribution in [1.29, 1.82) is 0 Å². The van der Waals surface area contributed by atoms with Gasteiger partial charge in [-0.25, -0.2) is 4.68 Å². The van der Waals surface area contributed by atoms with Crippen LogP contribution in [0.25, 0.3) is 10.9 Å². The van der Waals surface area contributed by atoms with Gasteiger partial charge >= 0.3 is 0 Å². The van der Waals surface area contributed by atoms with E-state index in [4.69, 9.17) is 14.0 Å². The first-order valence-corrected chi connectivity index (χ1v) is 12.7. The maximum Gasteiger partial charge on any atom is 0.139 e. The average molecular weight is 424 g/mol. The molecule has 0 aliphatic heterocycles. The van der Waals surface area contributed by atoms with Crippen LogP contribution in [0.15, 0.2) is 39.7 Å². The third kappa shape index (κ3) is 4.93. The van der Waals surface area contributed by atoms with Gasteiger partial charge in [-0.05, 0) is 28.0 Å². The largest absolute Gasteiger partial charge is 0.486 e. The van der Waals surface area contributed by atoms with Crippen molar-refractivity contribution >= 4 is 34.9 Å². The normalized spacial score (nSPS) is 12.0. The van der Waals surface area contributed by atoms with Crippen molar-refractivity contribution in [3.05, 3.63) is 40.8 Å². The van der Waals surface area contributed by atoms with Gasteiger partial charge < -0.3 is 14.0 Å². The van der Waals surface area contributed by atoms with Crippen LogP contribution in [0.1, 0.15) is 5.69 Å². The smallest absolute Gasteiger partial charge is 0.139 e. The number of benzene rings is 1. The second-order valence-electron chi connectivity index (χ2n) is 7.11. The van der Waals surface area contributed by atoms with E-state index in [1.54, 1.807) is 6.07 Å². The van der Waals surface area contributed by atoms with Gasteiger partial charge in [0.1, 0.15) is 31.0 Å². The molecule has 0 aliphatic rings. The third-order valence-corrected chi connectivity index (χ3v) is 6.10. The fourth-order valence-corrected chi connectivity index (χ4v) is 3.52. The third-order valence-electron chi connectivity index (χ3n) is 3.77. The van der Waals surface area contributed by atoms with Crippen molar-refractivity contribution in [3.63, 3.8) is 0 Å². The standard InChI is InChI=1S/C17H22BrN3O3Si/c1-25(2,3)7-6-22-12-21-16-9-17(15(18)8-13(16)10-19-21)23-11-14-4-5-24-20-14/h4-5,8-10H,6-7,11-12H2,1-3H3. The van der Waals surface area contributed by atoms with Crippen LogP contribution in [0.2, 0.25) is 25.7 Å². The maximum atomic E-state index is 5.84. The molecule has 0 bridgehead atoms. The van der Waals surface area contributed by atoms with Crippen LogP contribution in [-0.4, -0.2) is 29.6 Å². The Morgan fingerprint density at radius 3 is 2.84 bits per heavy atom. The van der Waals surface area contributed by atoms with E-state index in [9.17, 15) is 0 Å². The summed E-state index contributed by atoms with van der Waals surface area (Å²) in [5.41, 5.74) is 1.72. The van der Waals surface area contributed by atoms with Gasteiger partial charge in [0.05, 0.1) is 16.2 Å². The Balaban J connectivity index is 1.69. The van der Waals surface area contributed by atoms with Crippen molar-refractivity contribution < 1.29 is 14.0 Å². The number of hydrogen-bond donors (Lipinski definition) is 0. The molecule has 134 valence electrons. The van der Waals surface area contributed by atoms with Gasteiger partial charge in [-0.1, -0.05) is 24.8 Å². The summed E-state index contributed by atoms with van der Waals surface area (Å²) in [5.74, 6) is 0.736. The molecule has 2 aromatic heterocycles. The molecule has 6 nitrogen and oxygen atoms in total. The monoisotopic (exact) mass is 423 g/mol. The van der Waals surface area contributed by atoms with Crippen LogP contribution >= 0.6 is 15.9 Å². The van der Waals surface area contributed by atoms with Crippen molar-refractivity contribution in [2.75, 3.05) is 6.61 Å². The molecule has 8 heteroatoms. The summed E-state index contributed by atoms with van der Waals surface area (Å²) in [6, 6.07) is 6.89. The highest BCUT2D eigenvalue weighted by molar-refractivity contribution is 9.10. The molecule has 3 aromatic rings. The molecule has 25 heavy (non-hydrogen) atoms. The number of nitrogens with zero attached hydrogens (tertiary/aromatic N) is 3. The Labute approximate surface area is 156 Å². The quantitative estimate of drug-likeness (QED) is 0.388. The van der Waals surface area contributed by atoms with Gasteiger partial charge in [0.15, 0.2) is 0 Å². The highest BCUT2D eigenvalue weighted by Crippen LogP contribution is 2.31. The van der Waals surface area contributed by atoms with E-state index in [2.05, 4.69) is 45.8 Å². The van der Waals surface area contributed by atoms with Crippen LogP contribution in [0, 0.1) is 0 Å². The number of fused-ring (bicyclic) bond motifs is 1. The number of halogens is 1. The van der Waals surface area contributed by atoms with Crippen LogP contribution in [0.5, 0.6) is 5.75 Å². The van der Waals surface area contributed by atoms with Crippen LogP contribution in [-0.2, 0) is 18.1 Å². The van der Waals surface area contributed by atoms with E-state index < -0.39 is 8.07 Å².